The van der Waals surface area contributed by atoms with E-state index in [0.29, 0.717) is 16.1 Å². The molecule has 1 aliphatic rings. The smallest absolute Gasteiger partial charge is 0.341 e. The maximum absolute atomic E-state index is 12.3. The Kier molecular flexibility index (Phi) is 8.37. The summed E-state index contributed by atoms with van der Waals surface area (Å²) in [5, 5.41) is 5.67. The molecule has 0 atom stereocenters. The summed E-state index contributed by atoms with van der Waals surface area (Å²) in [6.45, 7) is 0.650. The highest BCUT2D eigenvalue weighted by Gasteiger charge is 2.32. The third kappa shape index (κ3) is 7.52. The Morgan fingerprint density at radius 2 is 1.88 bits per heavy atom. The molecule has 0 spiro atoms. The predicted octanol–water partition coefficient (Wildman–Crippen LogP) is 2.87. The van der Waals surface area contributed by atoms with Crippen LogP contribution in [-0.4, -0.2) is 46.0 Å². The van der Waals surface area contributed by atoms with Crippen LogP contribution in [0.25, 0.3) is 6.08 Å². The summed E-state index contributed by atoms with van der Waals surface area (Å²) in [5.41, 5.74) is 1.87. The number of hydrogen-bond donors (Lipinski definition) is 2. The van der Waals surface area contributed by atoms with E-state index in [0.717, 1.165) is 23.8 Å². The number of ether oxygens (including phenoxy) is 2. The van der Waals surface area contributed by atoms with Gasteiger partial charge in [0.2, 0.25) is 10.0 Å². The van der Waals surface area contributed by atoms with Crippen LogP contribution < -0.4 is 10.0 Å². The summed E-state index contributed by atoms with van der Waals surface area (Å²) in [7, 11) is -3.86. The summed E-state index contributed by atoms with van der Waals surface area (Å²) in [6.07, 6.45) is 3.34. The van der Waals surface area contributed by atoms with E-state index < -0.39 is 41.0 Å². The predicted molar refractivity (Wildman–Crippen MR) is 124 cm³/mol. The second-order valence-corrected chi connectivity index (χ2v) is 9.71. The molecule has 1 amide bonds. The molecule has 2 aromatic rings. The minimum absolute atomic E-state index is 0.209. The molecule has 176 valence electrons. The Morgan fingerprint density at radius 1 is 1.15 bits per heavy atom. The number of carbonyl (C=O) groups excluding carboxylic acids is 3. The normalized spacial score (nSPS) is 13.6. The van der Waals surface area contributed by atoms with Crippen molar-refractivity contribution >= 4 is 50.3 Å². The van der Waals surface area contributed by atoms with Crippen LogP contribution in [-0.2, 0) is 29.1 Å². The molecule has 0 aliphatic heterocycles. The molecule has 9 nitrogen and oxygen atoms in total. The maximum atomic E-state index is 12.3. The topological polar surface area (TPSA) is 128 Å². The van der Waals surface area contributed by atoms with Crippen molar-refractivity contribution in [2.24, 2.45) is 0 Å². The minimum Gasteiger partial charge on any atom is -0.462 e. The first-order chi connectivity index (χ1) is 15.8. The van der Waals surface area contributed by atoms with E-state index in [1.54, 1.807) is 37.3 Å². The number of esters is 2. The minimum atomic E-state index is -3.86. The Balaban J connectivity index is 1.48. The highest BCUT2D eigenvalue weighted by molar-refractivity contribution is 7.92. The van der Waals surface area contributed by atoms with Crippen LogP contribution in [0.3, 0.4) is 0 Å². The zero-order valence-electron chi connectivity index (χ0n) is 17.9. The van der Waals surface area contributed by atoms with Crippen molar-refractivity contribution in [2.45, 2.75) is 25.7 Å². The molecule has 1 heterocycles. The Morgan fingerprint density at radius 3 is 2.55 bits per heavy atom. The van der Waals surface area contributed by atoms with Crippen molar-refractivity contribution in [3.05, 3.63) is 57.8 Å². The number of thiophene rings is 1. The second kappa shape index (κ2) is 11.2. The molecule has 11 heteroatoms. The zero-order valence-corrected chi connectivity index (χ0v) is 19.5. The van der Waals surface area contributed by atoms with Crippen molar-refractivity contribution < 1.29 is 32.3 Å². The van der Waals surface area contributed by atoms with Crippen LogP contribution in [0.5, 0.6) is 0 Å². The van der Waals surface area contributed by atoms with Gasteiger partial charge in [0.25, 0.3) is 5.91 Å². The molecule has 0 saturated heterocycles. The van der Waals surface area contributed by atoms with Crippen LogP contribution in [0, 0.1) is 0 Å². The van der Waals surface area contributed by atoms with Crippen LogP contribution in [0.2, 0.25) is 0 Å². The number of sulfonamides is 1. The maximum Gasteiger partial charge on any atom is 0.341 e. The van der Waals surface area contributed by atoms with Gasteiger partial charge in [-0.25, -0.2) is 17.9 Å². The van der Waals surface area contributed by atoms with Gasteiger partial charge in [-0.1, -0.05) is 30.3 Å². The molecule has 1 saturated carbocycles. The number of rotatable bonds is 11. The summed E-state index contributed by atoms with van der Waals surface area (Å²) in [6, 6.07) is 8.79. The van der Waals surface area contributed by atoms with Gasteiger partial charge >= 0.3 is 11.9 Å². The summed E-state index contributed by atoms with van der Waals surface area (Å²) in [5.74, 6) is -1.79. The number of amides is 1. The lowest BCUT2D eigenvalue weighted by molar-refractivity contribution is -0.146. The third-order valence-electron chi connectivity index (χ3n) is 4.59. The highest BCUT2D eigenvalue weighted by Crippen LogP contribution is 2.46. The summed E-state index contributed by atoms with van der Waals surface area (Å²) >= 11 is 1.21. The average Bonchev–Trinajstić information content (AvgIpc) is 3.56. The second-order valence-electron chi connectivity index (χ2n) is 7.18. The van der Waals surface area contributed by atoms with Crippen molar-refractivity contribution in [1.82, 2.24) is 4.72 Å². The van der Waals surface area contributed by atoms with Crippen LogP contribution in [0.1, 0.15) is 47.2 Å². The zero-order chi connectivity index (χ0) is 23.8. The molecule has 1 aliphatic carbocycles. The fraction of sp³-hybridized carbons (Fsp3) is 0.318. The van der Waals surface area contributed by atoms with Gasteiger partial charge in [-0.15, -0.1) is 11.3 Å². The standard InChI is InChI=1S/C22H24N2O7S2/c1-2-30-22(27)20-17(16-8-9-16)14-32-21(20)24-18(25)13-31-19(26)12-23-33(28,29)11-10-15-6-4-3-5-7-15/h3-7,10-11,14,16,23H,2,8-9,12-13H2,1H3,(H,24,25)/b11-10+. The van der Waals surface area contributed by atoms with Gasteiger partial charge in [-0.2, -0.15) is 0 Å². The number of anilines is 1. The fourth-order valence-electron chi connectivity index (χ4n) is 2.87. The Bertz CT molecular complexity index is 1140. The number of carbonyl (C=O) groups is 3. The molecular formula is C22H24N2O7S2. The van der Waals surface area contributed by atoms with Gasteiger partial charge in [0.15, 0.2) is 6.61 Å². The van der Waals surface area contributed by atoms with E-state index in [1.165, 1.54) is 17.4 Å². The molecular weight excluding hydrogens is 468 g/mol. The average molecular weight is 493 g/mol. The molecule has 0 radical (unpaired) electrons. The summed E-state index contributed by atoms with van der Waals surface area (Å²) in [4.78, 5) is 36.4. The van der Waals surface area contributed by atoms with Crippen molar-refractivity contribution in [3.8, 4) is 0 Å². The van der Waals surface area contributed by atoms with E-state index in [9.17, 15) is 22.8 Å². The fourth-order valence-corrected chi connectivity index (χ4v) is 4.67. The van der Waals surface area contributed by atoms with Crippen LogP contribution in [0.15, 0.2) is 41.1 Å². The van der Waals surface area contributed by atoms with E-state index in [2.05, 4.69) is 10.0 Å². The quantitative estimate of drug-likeness (QED) is 0.462. The lowest BCUT2D eigenvalue weighted by Crippen LogP contribution is -2.31. The first-order valence-corrected chi connectivity index (χ1v) is 12.7. The van der Waals surface area contributed by atoms with Gasteiger partial charge in [-0.05, 0) is 48.3 Å². The van der Waals surface area contributed by atoms with E-state index in [4.69, 9.17) is 9.47 Å². The molecule has 0 bridgehead atoms. The molecule has 1 aromatic carbocycles. The van der Waals surface area contributed by atoms with Gasteiger partial charge in [0, 0.05) is 5.41 Å². The van der Waals surface area contributed by atoms with Crippen LogP contribution >= 0.6 is 11.3 Å². The lowest BCUT2D eigenvalue weighted by Gasteiger charge is -2.09. The lowest BCUT2D eigenvalue weighted by atomic mass is 10.1. The molecule has 1 aromatic heterocycles. The van der Waals surface area contributed by atoms with Gasteiger partial charge in [-0.3, -0.25) is 9.59 Å². The highest BCUT2D eigenvalue weighted by atomic mass is 32.2. The van der Waals surface area contributed by atoms with Crippen LogP contribution in [0.4, 0.5) is 5.00 Å². The van der Waals surface area contributed by atoms with Crippen molar-refractivity contribution in [3.63, 3.8) is 0 Å². The SMILES string of the molecule is CCOC(=O)c1c(C2CC2)csc1NC(=O)COC(=O)CNS(=O)(=O)/C=C/c1ccccc1. The van der Waals surface area contributed by atoms with Gasteiger partial charge < -0.3 is 14.8 Å². The monoisotopic (exact) mass is 492 g/mol. The van der Waals surface area contributed by atoms with E-state index in [-0.39, 0.29) is 12.5 Å². The molecule has 2 N–H and O–H groups in total. The van der Waals surface area contributed by atoms with E-state index >= 15 is 0 Å². The number of nitrogens with one attached hydrogen (secondary N) is 2. The summed E-state index contributed by atoms with van der Waals surface area (Å²) < 4.78 is 36.0. The largest absolute Gasteiger partial charge is 0.462 e. The number of benzene rings is 1. The Hall–Kier alpha value is -3.02. The molecule has 3 rings (SSSR count). The number of hydrogen-bond acceptors (Lipinski definition) is 8. The molecule has 33 heavy (non-hydrogen) atoms. The first-order valence-electron chi connectivity index (χ1n) is 10.3. The third-order valence-corrected chi connectivity index (χ3v) is 6.55. The van der Waals surface area contributed by atoms with Crippen molar-refractivity contribution in [2.75, 3.05) is 25.1 Å². The van der Waals surface area contributed by atoms with Gasteiger partial charge in [0.1, 0.15) is 11.5 Å². The van der Waals surface area contributed by atoms with E-state index in [1.807, 2.05) is 5.38 Å². The molecule has 1 fully saturated rings. The molecule has 0 unspecified atom stereocenters. The van der Waals surface area contributed by atoms with Crippen molar-refractivity contribution in [1.29, 1.82) is 0 Å². The van der Waals surface area contributed by atoms with Gasteiger partial charge in [0.05, 0.1) is 12.2 Å². The Labute approximate surface area is 195 Å². The first kappa shape index (κ1) is 24.6.